The van der Waals surface area contributed by atoms with Gasteiger partial charge in [-0.05, 0) is 18.6 Å². The molecule has 13 heteroatoms. The molecule has 4 rings (SSSR count). The SMILES string of the molecule is Cc1cnc(N2CCN(C(=O)[C@H]3CN(Cc4cc(C(F)(F)F)c(=O)[nH]n4)CCO3)CC2)nc1. The Hall–Kier alpha value is -3.06. The number of ether oxygens (including phenoxy) is 1. The van der Waals surface area contributed by atoms with Crippen molar-refractivity contribution in [3.63, 3.8) is 0 Å². The first kappa shape index (κ1) is 23.1. The summed E-state index contributed by atoms with van der Waals surface area (Å²) < 4.78 is 44.6. The Morgan fingerprint density at radius 1 is 1.18 bits per heavy atom. The van der Waals surface area contributed by atoms with Crippen molar-refractivity contribution in [2.75, 3.05) is 50.8 Å². The van der Waals surface area contributed by atoms with Crippen LogP contribution in [0.1, 0.15) is 16.8 Å². The lowest BCUT2D eigenvalue weighted by Crippen LogP contribution is -2.56. The van der Waals surface area contributed by atoms with E-state index in [2.05, 4.69) is 15.1 Å². The Morgan fingerprint density at radius 2 is 1.88 bits per heavy atom. The molecule has 2 aromatic heterocycles. The van der Waals surface area contributed by atoms with Crippen molar-refractivity contribution in [3.8, 4) is 0 Å². The monoisotopic (exact) mass is 467 g/mol. The number of carbonyl (C=O) groups excluding carboxylic acids is 1. The van der Waals surface area contributed by atoms with Gasteiger partial charge in [0.05, 0.1) is 12.3 Å². The highest BCUT2D eigenvalue weighted by molar-refractivity contribution is 5.81. The molecule has 10 nitrogen and oxygen atoms in total. The highest BCUT2D eigenvalue weighted by Gasteiger charge is 2.35. The largest absolute Gasteiger partial charge is 0.421 e. The summed E-state index contributed by atoms with van der Waals surface area (Å²) in [6, 6.07) is 0.748. The molecule has 0 aromatic carbocycles. The Balaban J connectivity index is 1.34. The predicted molar refractivity (Wildman–Crippen MR) is 110 cm³/mol. The highest BCUT2D eigenvalue weighted by Crippen LogP contribution is 2.26. The number of piperazine rings is 1. The van der Waals surface area contributed by atoms with Crippen molar-refractivity contribution >= 4 is 11.9 Å². The van der Waals surface area contributed by atoms with Crippen LogP contribution >= 0.6 is 0 Å². The number of amides is 1. The van der Waals surface area contributed by atoms with E-state index >= 15 is 0 Å². The summed E-state index contributed by atoms with van der Waals surface area (Å²) in [7, 11) is 0. The molecule has 2 fully saturated rings. The number of nitrogens with zero attached hydrogens (tertiary/aromatic N) is 6. The number of aryl methyl sites for hydroxylation is 1. The second kappa shape index (κ2) is 9.43. The summed E-state index contributed by atoms with van der Waals surface area (Å²) in [6.45, 7) is 5.07. The Labute approximate surface area is 187 Å². The van der Waals surface area contributed by atoms with Crippen LogP contribution in [-0.4, -0.2) is 87.9 Å². The van der Waals surface area contributed by atoms with Crippen LogP contribution in [0.15, 0.2) is 23.3 Å². The van der Waals surface area contributed by atoms with Crippen LogP contribution in [0.5, 0.6) is 0 Å². The standard InChI is InChI=1S/C20H24F3N7O3/c1-13-9-24-19(25-10-13)30-4-2-29(3-5-30)18(32)16-12-28(6-7-33-16)11-14-8-15(20(21,22)23)17(31)27-26-14/h8-10,16H,2-7,11-12H2,1H3,(H,27,31)/t16-/m1/s1. The number of halogens is 3. The third kappa shape index (κ3) is 5.47. The molecule has 0 saturated carbocycles. The van der Waals surface area contributed by atoms with Gasteiger partial charge in [0.15, 0.2) is 0 Å². The topological polar surface area (TPSA) is 108 Å². The van der Waals surface area contributed by atoms with Gasteiger partial charge in [0.2, 0.25) is 5.95 Å². The first-order chi connectivity index (χ1) is 15.7. The van der Waals surface area contributed by atoms with Crippen LogP contribution < -0.4 is 10.5 Å². The Morgan fingerprint density at radius 3 is 2.55 bits per heavy atom. The van der Waals surface area contributed by atoms with Crippen molar-refractivity contribution in [2.24, 2.45) is 0 Å². The fourth-order valence-corrected chi connectivity index (χ4v) is 3.84. The first-order valence-electron chi connectivity index (χ1n) is 10.5. The molecule has 0 bridgehead atoms. The maximum absolute atomic E-state index is 13.0. The van der Waals surface area contributed by atoms with Crippen molar-refractivity contribution in [1.82, 2.24) is 30.0 Å². The minimum atomic E-state index is -4.76. The van der Waals surface area contributed by atoms with E-state index in [0.717, 1.165) is 11.6 Å². The van der Waals surface area contributed by atoms with E-state index in [1.165, 1.54) is 0 Å². The lowest BCUT2D eigenvalue weighted by Gasteiger charge is -2.38. The molecular weight excluding hydrogens is 443 g/mol. The number of aromatic amines is 1. The van der Waals surface area contributed by atoms with E-state index in [4.69, 9.17) is 4.74 Å². The van der Waals surface area contributed by atoms with Crippen LogP contribution in [0.4, 0.5) is 19.1 Å². The van der Waals surface area contributed by atoms with Crippen LogP contribution in [0.2, 0.25) is 0 Å². The molecule has 33 heavy (non-hydrogen) atoms. The molecule has 0 unspecified atom stereocenters. The molecule has 2 aromatic rings. The second-order valence-electron chi connectivity index (χ2n) is 8.07. The highest BCUT2D eigenvalue weighted by atomic mass is 19.4. The molecule has 1 N–H and O–H groups in total. The summed E-state index contributed by atoms with van der Waals surface area (Å²) in [5.41, 5.74) is -1.53. The minimum Gasteiger partial charge on any atom is -0.366 e. The van der Waals surface area contributed by atoms with E-state index in [-0.39, 0.29) is 31.3 Å². The van der Waals surface area contributed by atoms with E-state index in [0.29, 0.717) is 38.7 Å². The summed E-state index contributed by atoms with van der Waals surface area (Å²) in [5, 5.41) is 5.61. The molecule has 4 heterocycles. The summed E-state index contributed by atoms with van der Waals surface area (Å²) >= 11 is 0. The molecule has 0 radical (unpaired) electrons. The van der Waals surface area contributed by atoms with Gasteiger partial charge in [-0.3, -0.25) is 14.5 Å². The van der Waals surface area contributed by atoms with E-state index < -0.39 is 23.4 Å². The molecule has 0 spiro atoms. The van der Waals surface area contributed by atoms with Gasteiger partial charge in [0.1, 0.15) is 11.7 Å². The Kier molecular flexibility index (Phi) is 6.61. The fourth-order valence-electron chi connectivity index (χ4n) is 3.84. The number of rotatable bonds is 4. The number of alkyl halides is 3. The van der Waals surface area contributed by atoms with E-state index in [1.807, 2.05) is 16.9 Å². The van der Waals surface area contributed by atoms with E-state index in [9.17, 15) is 22.8 Å². The lowest BCUT2D eigenvalue weighted by molar-refractivity contribution is -0.150. The molecule has 2 saturated heterocycles. The van der Waals surface area contributed by atoms with Crippen molar-refractivity contribution in [3.05, 3.63) is 45.6 Å². The summed E-state index contributed by atoms with van der Waals surface area (Å²) in [5.74, 6) is 0.467. The average Bonchev–Trinajstić information content (AvgIpc) is 2.80. The maximum atomic E-state index is 13.0. The normalized spacial score (nSPS) is 20.2. The zero-order chi connectivity index (χ0) is 23.6. The minimum absolute atomic E-state index is 0.0611. The number of anilines is 1. The van der Waals surface area contributed by atoms with Gasteiger partial charge >= 0.3 is 6.18 Å². The number of aromatic nitrogens is 4. The van der Waals surface area contributed by atoms with Gasteiger partial charge in [-0.25, -0.2) is 15.1 Å². The quantitative estimate of drug-likeness (QED) is 0.690. The molecule has 2 aliphatic heterocycles. The van der Waals surface area contributed by atoms with Crippen molar-refractivity contribution in [1.29, 1.82) is 0 Å². The van der Waals surface area contributed by atoms with Crippen LogP contribution in [-0.2, 0) is 22.3 Å². The van der Waals surface area contributed by atoms with Gasteiger partial charge in [-0.15, -0.1) is 0 Å². The van der Waals surface area contributed by atoms with Gasteiger partial charge in [-0.1, -0.05) is 0 Å². The zero-order valence-electron chi connectivity index (χ0n) is 18.0. The first-order valence-corrected chi connectivity index (χ1v) is 10.5. The van der Waals surface area contributed by atoms with Gasteiger partial charge in [-0.2, -0.15) is 18.3 Å². The van der Waals surface area contributed by atoms with Crippen molar-refractivity contribution in [2.45, 2.75) is 25.7 Å². The molecule has 178 valence electrons. The number of H-pyrrole nitrogens is 1. The maximum Gasteiger partial charge on any atom is 0.421 e. The molecular formula is C20H24F3N7O3. The van der Waals surface area contributed by atoms with E-state index in [1.54, 1.807) is 22.2 Å². The smallest absolute Gasteiger partial charge is 0.366 e. The summed E-state index contributed by atoms with van der Waals surface area (Å²) in [6.07, 6.45) is -1.98. The zero-order valence-corrected chi connectivity index (χ0v) is 18.0. The third-order valence-electron chi connectivity index (χ3n) is 5.62. The number of carbonyl (C=O) groups is 1. The lowest BCUT2D eigenvalue weighted by atomic mass is 10.2. The third-order valence-corrected chi connectivity index (χ3v) is 5.62. The molecule has 1 atom stereocenters. The van der Waals surface area contributed by atoms with Crippen molar-refractivity contribution < 1.29 is 22.7 Å². The summed E-state index contributed by atoms with van der Waals surface area (Å²) in [4.78, 5) is 38.6. The van der Waals surface area contributed by atoms with Crippen LogP contribution in [0, 0.1) is 6.92 Å². The van der Waals surface area contributed by atoms with Crippen LogP contribution in [0.3, 0.4) is 0 Å². The number of morpholine rings is 1. The molecule has 1 amide bonds. The van der Waals surface area contributed by atoms with Crippen LogP contribution in [0.25, 0.3) is 0 Å². The van der Waals surface area contributed by atoms with Gasteiger partial charge in [0.25, 0.3) is 11.5 Å². The predicted octanol–water partition coefficient (Wildman–Crippen LogP) is 0.437. The number of hydrogen-bond acceptors (Lipinski definition) is 8. The number of hydrogen-bond donors (Lipinski definition) is 1. The molecule has 2 aliphatic rings. The average molecular weight is 467 g/mol. The second-order valence-corrected chi connectivity index (χ2v) is 8.07. The van der Waals surface area contributed by atoms with Gasteiger partial charge < -0.3 is 14.5 Å². The Bertz CT molecular complexity index is 1040. The number of nitrogens with one attached hydrogen (secondary N) is 1. The van der Waals surface area contributed by atoms with Gasteiger partial charge in [0, 0.05) is 58.2 Å². The fraction of sp³-hybridized carbons (Fsp3) is 0.550. The molecule has 0 aliphatic carbocycles.